The second-order valence-corrected chi connectivity index (χ2v) is 3.60. The van der Waals surface area contributed by atoms with E-state index in [1.165, 1.54) is 5.56 Å². The van der Waals surface area contributed by atoms with Crippen molar-refractivity contribution in [1.29, 1.82) is 0 Å². The van der Waals surface area contributed by atoms with E-state index in [1.807, 2.05) is 12.1 Å². The zero-order valence-electron chi connectivity index (χ0n) is 8.45. The summed E-state index contributed by atoms with van der Waals surface area (Å²) in [7, 11) is 1.78. The third kappa shape index (κ3) is 1.68. The van der Waals surface area contributed by atoms with Gasteiger partial charge in [0.25, 0.3) is 0 Å². The number of rotatable bonds is 2. The van der Waals surface area contributed by atoms with E-state index in [0.29, 0.717) is 0 Å². The van der Waals surface area contributed by atoms with Gasteiger partial charge in [-0.2, -0.15) is 0 Å². The average Bonchev–Trinajstić information content (AvgIpc) is 2.31. The molecule has 0 amide bonds. The Balaban J connectivity index is 2.27. The molecule has 1 aromatic rings. The van der Waals surface area contributed by atoms with Crippen LogP contribution in [0.4, 0.5) is 0 Å². The molecule has 0 saturated carbocycles. The molecule has 1 heterocycles. The van der Waals surface area contributed by atoms with E-state index in [-0.39, 0.29) is 5.60 Å². The van der Waals surface area contributed by atoms with E-state index in [9.17, 15) is 0 Å². The minimum atomic E-state index is -0.132. The van der Waals surface area contributed by atoms with Gasteiger partial charge in [-0.3, -0.25) is 0 Å². The molecular weight excluding hydrogens is 176 g/mol. The average molecular weight is 191 g/mol. The van der Waals surface area contributed by atoms with Gasteiger partial charge in [-0.1, -0.05) is 24.3 Å². The molecule has 1 radical (unpaired) electrons. The summed E-state index contributed by atoms with van der Waals surface area (Å²) in [5.74, 6) is 0. The highest BCUT2D eigenvalue weighted by Gasteiger charge is 2.33. The largest absolute Gasteiger partial charge is 0.381 e. The van der Waals surface area contributed by atoms with Crippen LogP contribution < -0.4 is 0 Å². The van der Waals surface area contributed by atoms with Gasteiger partial charge in [0.05, 0.1) is 5.60 Å². The number of hydrogen-bond donors (Lipinski definition) is 0. The smallest absolute Gasteiger partial charge is 0.0971 e. The van der Waals surface area contributed by atoms with E-state index < -0.39 is 0 Å². The van der Waals surface area contributed by atoms with Gasteiger partial charge in [0.2, 0.25) is 0 Å². The van der Waals surface area contributed by atoms with Gasteiger partial charge in [-0.15, -0.1) is 0 Å². The normalized spacial score (nSPS) is 20.6. The van der Waals surface area contributed by atoms with Crippen molar-refractivity contribution in [2.24, 2.45) is 0 Å². The molecule has 0 aliphatic carbocycles. The molecule has 0 N–H and O–H groups in total. The van der Waals surface area contributed by atoms with Crippen LogP contribution in [0.5, 0.6) is 0 Å². The molecular formula is C12H15O2. The van der Waals surface area contributed by atoms with Gasteiger partial charge in [0.1, 0.15) is 0 Å². The lowest BCUT2D eigenvalue weighted by molar-refractivity contribution is -0.0947. The lowest BCUT2D eigenvalue weighted by atomic mass is 9.86. The van der Waals surface area contributed by atoms with Crippen molar-refractivity contribution in [3.8, 4) is 0 Å². The number of hydrogen-bond acceptors (Lipinski definition) is 2. The first-order valence-electron chi connectivity index (χ1n) is 4.97. The quantitative estimate of drug-likeness (QED) is 0.713. The third-order valence-corrected chi connectivity index (χ3v) is 2.94. The molecule has 2 rings (SSSR count). The molecule has 0 bridgehead atoms. The van der Waals surface area contributed by atoms with Crippen molar-refractivity contribution in [1.82, 2.24) is 0 Å². The summed E-state index contributed by atoms with van der Waals surface area (Å²) in [6.45, 7) is 1.57. The van der Waals surface area contributed by atoms with Crippen LogP contribution in [-0.2, 0) is 15.1 Å². The molecule has 0 unspecified atom stereocenters. The summed E-state index contributed by atoms with van der Waals surface area (Å²) in [4.78, 5) is 0. The fraction of sp³-hybridized carbons (Fsp3) is 0.500. The van der Waals surface area contributed by atoms with Gasteiger partial charge >= 0.3 is 0 Å². The maximum absolute atomic E-state index is 5.67. The van der Waals surface area contributed by atoms with Crippen LogP contribution in [0.25, 0.3) is 0 Å². The molecule has 0 atom stereocenters. The highest BCUT2D eigenvalue weighted by molar-refractivity contribution is 5.22. The molecule has 0 spiro atoms. The molecule has 1 saturated heterocycles. The van der Waals surface area contributed by atoms with Crippen molar-refractivity contribution in [2.45, 2.75) is 18.4 Å². The Kier molecular flexibility index (Phi) is 2.85. The second kappa shape index (κ2) is 4.11. The topological polar surface area (TPSA) is 18.5 Å². The van der Waals surface area contributed by atoms with Crippen LogP contribution in [0.15, 0.2) is 24.3 Å². The highest BCUT2D eigenvalue weighted by Crippen LogP contribution is 2.34. The molecule has 1 aliphatic heterocycles. The van der Waals surface area contributed by atoms with E-state index in [0.717, 1.165) is 26.1 Å². The summed E-state index contributed by atoms with van der Waals surface area (Å²) in [5, 5.41) is 0. The van der Waals surface area contributed by atoms with Gasteiger partial charge in [0.15, 0.2) is 0 Å². The Morgan fingerprint density at radius 1 is 1.29 bits per heavy atom. The van der Waals surface area contributed by atoms with E-state index >= 15 is 0 Å². The Hall–Kier alpha value is -0.860. The maximum atomic E-state index is 5.67. The fourth-order valence-corrected chi connectivity index (χ4v) is 2.00. The standard InChI is InChI=1S/C12H15O2/c1-13-12(7-9-14-10-8-12)11-5-3-2-4-6-11/h3-6H,7-10H2,1H3. The first kappa shape index (κ1) is 9.69. The van der Waals surface area contributed by atoms with E-state index in [4.69, 9.17) is 9.47 Å². The van der Waals surface area contributed by atoms with E-state index in [2.05, 4.69) is 18.2 Å². The molecule has 1 fully saturated rings. The molecule has 14 heavy (non-hydrogen) atoms. The van der Waals surface area contributed by atoms with Gasteiger partial charge in [-0.05, 0) is 11.6 Å². The molecule has 2 nitrogen and oxygen atoms in total. The molecule has 2 heteroatoms. The van der Waals surface area contributed by atoms with Gasteiger partial charge in [-0.25, -0.2) is 0 Å². The van der Waals surface area contributed by atoms with Crippen LogP contribution in [0.1, 0.15) is 18.4 Å². The van der Waals surface area contributed by atoms with Crippen LogP contribution in [-0.4, -0.2) is 20.3 Å². The minimum absolute atomic E-state index is 0.132. The van der Waals surface area contributed by atoms with Crippen molar-refractivity contribution >= 4 is 0 Å². The first-order chi connectivity index (χ1) is 6.87. The first-order valence-corrected chi connectivity index (χ1v) is 4.97. The molecule has 1 aliphatic rings. The zero-order chi connectivity index (χ0) is 9.86. The van der Waals surface area contributed by atoms with Crippen molar-refractivity contribution in [3.63, 3.8) is 0 Å². The van der Waals surface area contributed by atoms with Gasteiger partial charge in [0, 0.05) is 33.2 Å². The zero-order valence-corrected chi connectivity index (χ0v) is 8.45. The molecule has 0 aromatic heterocycles. The monoisotopic (exact) mass is 191 g/mol. The van der Waals surface area contributed by atoms with Crippen LogP contribution in [0.2, 0.25) is 0 Å². The summed E-state index contributed by atoms with van der Waals surface area (Å²) in [6, 6.07) is 11.1. The summed E-state index contributed by atoms with van der Waals surface area (Å²) in [6.07, 6.45) is 1.88. The predicted molar refractivity (Wildman–Crippen MR) is 54.0 cm³/mol. The fourth-order valence-electron chi connectivity index (χ4n) is 2.00. The summed E-state index contributed by atoms with van der Waals surface area (Å²) >= 11 is 0. The molecule has 75 valence electrons. The molecule has 1 aromatic carbocycles. The predicted octanol–water partition coefficient (Wildman–Crippen LogP) is 2.14. The lowest BCUT2D eigenvalue weighted by Crippen LogP contribution is -2.35. The minimum Gasteiger partial charge on any atom is -0.381 e. The number of benzene rings is 1. The van der Waals surface area contributed by atoms with Crippen molar-refractivity contribution in [3.05, 3.63) is 35.9 Å². The lowest BCUT2D eigenvalue weighted by Gasteiger charge is -2.36. The van der Waals surface area contributed by atoms with Crippen LogP contribution in [0.3, 0.4) is 0 Å². The third-order valence-electron chi connectivity index (χ3n) is 2.94. The second-order valence-electron chi connectivity index (χ2n) is 3.60. The maximum Gasteiger partial charge on any atom is 0.0971 e. The SMILES string of the molecule is COC1(c2cc[c]cc2)CCOCC1. The van der Waals surface area contributed by atoms with E-state index in [1.54, 1.807) is 7.11 Å². The highest BCUT2D eigenvalue weighted by atomic mass is 16.5. The van der Waals surface area contributed by atoms with Crippen molar-refractivity contribution in [2.75, 3.05) is 20.3 Å². The number of methoxy groups -OCH3 is 1. The Morgan fingerprint density at radius 2 is 1.93 bits per heavy atom. The number of ether oxygens (including phenoxy) is 2. The summed E-state index contributed by atoms with van der Waals surface area (Å²) < 4.78 is 11.0. The Labute approximate surface area is 84.8 Å². The summed E-state index contributed by atoms with van der Waals surface area (Å²) in [5.41, 5.74) is 1.11. The van der Waals surface area contributed by atoms with Crippen molar-refractivity contribution < 1.29 is 9.47 Å². The Bertz CT molecular complexity index is 276. The van der Waals surface area contributed by atoms with Gasteiger partial charge < -0.3 is 9.47 Å². The van der Waals surface area contributed by atoms with Crippen LogP contribution >= 0.6 is 0 Å². The Morgan fingerprint density at radius 3 is 2.50 bits per heavy atom. The van der Waals surface area contributed by atoms with Crippen LogP contribution in [0, 0.1) is 6.07 Å².